The topological polar surface area (TPSA) is 47.6 Å². The van der Waals surface area contributed by atoms with Gasteiger partial charge in [-0.15, -0.1) is 0 Å². The number of nitrogens with zero attached hydrogens (tertiary/aromatic N) is 2. The highest BCUT2D eigenvalue weighted by molar-refractivity contribution is 6.01. The van der Waals surface area contributed by atoms with Crippen molar-refractivity contribution < 1.29 is 4.39 Å². The molecule has 0 saturated carbocycles. The first kappa shape index (κ1) is 20.6. The highest BCUT2D eigenvalue weighted by Gasteiger charge is 2.22. The van der Waals surface area contributed by atoms with Gasteiger partial charge in [-0.05, 0) is 58.0 Å². The van der Waals surface area contributed by atoms with Gasteiger partial charge in [0.05, 0.1) is 11.1 Å². The summed E-state index contributed by atoms with van der Waals surface area (Å²) in [6.45, 7) is 6.67. The molecule has 0 bridgehead atoms. The zero-order valence-electron chi connectivity index (χ0n) is 17.2. The van der Waals surface area contributed by atoms with Crippen LogP contribution in [0.4, 0.5) is 4.39 Å². The molecule has 0 amide bonds. The van der Waals surface area contributed by atoms with Gasteiger partial charge in [-0.2, -0.15) is 10.5 Å². The standard InChI is InChI=1S/C26H25FN2/c1-4-5-6-12-26(2,3)21-11-10-18-13-20(16-28)24(17-29)25(23(18)15-21)19-8-7-9-22(27)14-19/h7-11,13-15H,4-6,12H2,1-3H3. The Morgan fingerprint density at radius 3 is 2.41 bits per heavy atom. The Hall–Kier alpha value is -3.17. The number of nitriles is 2. The van der Waals surface area contributed by atoms with E-state index in [1.54, 1.807) is 18.2 Å². The number of unbranched alkanes of at least 4 members (excludes halogenated alkanes) is 2. The van der Waals surface area contributed by atoms with E-state index in [4.69, 9.17) is 0 Å². The van der Waals surface area contributed by atoms with E-state index in [2.05, 4.69) is 45.0 Å². The summed E-state index contributed by atoms with van der Waals surface area (Å²) >= 11 is 0. The van der Waals surface area contributed by atoms with Gasteiger partial charge in [-0.3, -0.25) is 0 Å². The lowest BCUT2D eigenvalue weighted by Gasteiger charge is -2.26. The highest BCUT2D eigenvalue weighted by Crippen LogP contribution is 2.38. The molecule has 0 aliphatic carbocycles. The zero-order valence-corrected chi connectivity index (χ0v) is 17.2. The predicted molar refractivity (Wildman–Crippen MR) is 116 cm³/mol. The molecule has 0 N–H and O–H groups in total. The van der Waals surface area contributed by atoms with E-state index in [-0.39, 0.29) is 11.2 Å². The number of rotatable bonds is 6. The second kappa shape index (κ2) is 8.46. The van der Waals surface area contributed by atoms with E-state index in [9.17, 15) is 14.9 Å². The summed E-state index contributed by atoms with van der Waals surface area (Å²) in [7, 11) is 0. The van der Waals surface area contributed by atoms with Gasteiger partial charge < -0.3 is 0 Å². The van der Waals surface area contributed by atoms with E-state index in [0.717, 1.165) is 23.6 Å². The van der Waals surface area contributed by atoms with Crippen molar-refractivity contribution >= 4 is 10.8 Å². The lowest BCUT2D eigenvalue weighted by molar-refractivity contribution is 0.450. The van der Waals surface area contributed by atoms with Crippen LogP contribution in [0.5, 0.6) is 0 Å². The SMILES string of the molecule is CCCCCC(C)(C)c1ccc2cc(C#N)c(C#N)c(-c3cccc(F)c3)c2c1. The summed E-state index contributed by atoms with van der Waals surface area (Å²) in [5.74, 6) is -0.363. The molecule has 146 valence electrons. The van der Waals surface area contributed by atoms with Crippen LogP contribution < -0.4 is 0 Å². The van der Waals surface area contributed by atoms with Crippen LogP contribution in [0, 0.1) is 28.5 Å². The van der Waals surface area contributed by atoms with E-state index in [1.807, 2.05) is 6.07 Å². The normalized spacial score (nSPS) is 11.2. The van der Waals surface area contributed by atoms with Gasteiger partial charge in [0.2, 0.25) is 0 Å². The fraction of sp³-hybridized carbons (Fsp3) is 0.308. The van der Waals surface area contributed by atoms with Gasteiger partial charge in [0.15, 0.2) is 0 Å². The molecule has 0 spiro atoms. The number of hydrogen-bond donors (Lipinski definition) is 0. The molecular formula is C26H25FN2. The van der Waals surface area contributed by atoms with Crippen LogP contribution in [-0.2, 0) is 5.41 Å². The minimum Gasteiger partial charge on any atom is -0.207 e. The fourth-order valence-corrected chi connectivity index (χ4v) is 3.93. The van der Waals surface area contributed by atoms with Crippen molar-refractivity contribution in [2.45, 2.75) is 51.9 Å². The quantitative estimate of drug-likeness (QED) is 0.420. The van der Waals surface area contributed by atoms with E-state index >= 15 is 0 Å². The molecule has 0 aliphatic heterocycles. The molecule has 2 nitrogen and oxygen atoms in total. The van der Waals surface area contributed by atoms with E-state index < -0.39 is 0 Å². The summed E-state index contributed by atoms with van der Waals surface area (Å²) in [5.41, 5.74) is 3.04. The molecule has 0 heterocycles. The number of fused-ring (bicyclic) bond motifs is 1. The molecule has 3 aromatic carbocycles. The molecule has 0 aromatic heterocycles. The van der Waals surface area contributed by atoms with Crippen LogP contribution in [0.1, 0.15) is 63.1 Å². The Bertz CT molecular complexity index is 1130. The van der Waals surface area contributed by atoms with Gasteiger partial charge in [0, 0.05) is 5.56 Å². The molecule has 0 fully saturated rings. The van der Waals surface area contributed by atoms with Crippen LogP contribution in [0.25, 0.3) is 21.9 Å². The second-order valence-electron chi connectivity index (χ2n) is 8.18. The lowest BCUT2D eigenvalue weighted by Crippen LogP contribution is -2.17. The molecule has 0 atom stereocenters. The van der Waals surface area contributed by atoms with Gasteiger partial charge in [0.1, 0.15) is 18.0 Å². The molecule has 0 unspecified atom stereocenters. The molecule has 29 heavy (non-hydrogen) atoms. The highest BCUT2D eigenvalue weighted by atomic mass is 19.1. The van der Waals surface area contributed by atoms with Crippen molar-refractivity contribution in [2.24, 2.45) is 0 Å². The van der Waals surface area contributed by atoms with Crippen LogP contribution in [0.3, 0.4) is 0 Å². The van der Waals surface area contributed by atoms with Gasteiger partial charge in [0.25, 0.3) is 0 Å². The number of hydrogen-bond acceptors (Lipinski definition) is 2. The Morgan fingerprint density at radius 2 is 1.76 bits per heavy atom. The van der Waals surface area contributed by atoms with Crippen LogP contribution >= 0.6 is 0 Å². The van der Waals surface area contributed by atoms with Crippen molar-refractivity contribution in [3.05, 3.63) is 71.0 Å². The third-order valence-corrected chi connectivity index (χ3v) is 5.67. The molecular weight excluding hydrogens is 359 g/mol. The molecule has 3 aromatic rings. The molecule has 0 saturated heterocycles. The monoisotopic (exact) mass is 384 g/mol. The predicted octanol–water partition coefficient (Wildman–Crippen LogP) is 7.25. The molecule has 0 aliphatic rings. The first-order chi connectivity index (χ1) is 13.9. The van der Waals surface area contributed by atoms with Crippen LogP contribution in [0.15, 0.2) is 48.5 Å². The summed E-state index contributed by atoms with van der Waals surface area (Å²) in [6, 6.07) is 18.5. The maximum absolute atomic E-state index is 14.0. The summed E-state index contributed by atoms with van der Waals surface area (Å²) in [6.07, 6.45) is 4.62. The Balaban J connectivity index is 2.28. The molecule has 0 radical (unpaired) electrons. The smallest absolute Gasteiger partial charge is 0.123 e. The average molecular weight is 384 g/mol. The molecule has 3 heteroatoms. The first-order valence-corrected chi connectivity index (χ1v) is 10.1. The maximum atomic E-state index is 14.0. The van der Waals surface area contributed by atoms with Gasteiger partial charge >= 0.3 is 0 Å². The van der Waals surface area contributed by atoms with Gasteiger partial charge in [-0.25, -0.2) is 4.39 Å². The Labute approximate surface area is 172 Å². The third-order valence-electron chi connectivity index (χ3n) is 5.67. The average Bonchev–Trinajstić information content (AvgIpc) is 2.71. The van der Waals surface area contributed by atoms with Crippen LogP contribution in [-0.4, -0.2) is 0 Å². The van der Waals surface area contributed by atoms with Crippen molar-refractivity contribution in [3.8, 4) is 23.3 Å². The van der Waals surface area contributed by atoms with Crippen molar-refractivity contribution in [3.63, 3.8) is 0 Å². The lowest BCUT2D eigenvalue weighted by atomic mass is 9.78. The van der Waals surface area contributed by atoms with Gasteiger partial charge in [-0.1, -0.05) is 64.3 Å². The minimum absolute atomic E-state index is 0.0106. The number of benzene rings is 3. The summed E-state index contributed by atoms with van der Waals surface area (Å²) in [4.78, 5) is 0. The largest absolute Gasteiger partial charge is 0.207 e. The van der Waals surface area contributed by atoms with Crippen LogP contribution in [0.2, 0.25) is 0 Å². The van der Waals surface area contributed by atoms with Crippen molar-refractivity contribution in [2.75, 3.05) is 0 Å². The first-order valence-electron chi connectivity index (χ1n) is 10.1. The summed E-state index contributed by atoms with van der Waals surface area (Å²) < 4.78 is 14.0. The summed E-state index contributed by atoms with van der Waals surface area (Å²) in [5, 5.41) is 21.1. The fourth-order valence-electron chi connectivity index (χ4n) is 3.93. The zero-order chi connectivity index (χ0) is 21.0. The Morgan fingerprint density at radius 1 is 0.966 bits per heavy atom. The van der Waals surface area contributed by atoms with Crippen molar-refractivity contribution in [1.82, 2.24) is 0 Å². The maximum Gasteiger partial charge on any atom is 0.123 e. The van der Waals surface area contributed by atoms with E-state index in [0.29, 0.717) is 22.3 Å². The molecule has 3 rings (SSSR count). The Kier molecular flexibility index (Phi) is 6.00. The van der Waals surface area contributed by atoms with E-state index in [1.165, 1.54) is 30.5 Å². The van der Waals surface area contributed by atoms with Crippen molar-refractivity contribution in [1.29, 1.82) is 10.5 Å². The second-order valence-corrected chi connectivity index (χ2v) is 8.18. The minimum atomic E-state index is -0.363. The number of halogens is 1. The third kappa shape index (κ3) is 4.15.